The lowest BCUT2D eigenvalue weighted by Crippen LogP contribution is -2.10. The number of para-hydroxylation sites is 1. The molecule has 4 rings (SSSR count). The van der Waals surface area contributed by atoms with Crippen molar-refractivity contribution in [1.29, 1.82) is 5.41 Å². The molecule has 3 aromatic heterocycles. The van der Waals surface area contributed by atoms with Crippen LogP contribution in [0, 0.1) is 11.2 Å². The Morgan fingerprint density at radius 1 is 1.38 bits per heavy atom. The molecular weight excluding hydrogens is 371 g/mol. The van der Waals surface area contributed by atoms with E-state index >= 15 is 0 Å². The fraction of sp³-hybridized carbons (Fsp3) is 0.150. The first-order chi connectivity index (χ1) is 14.5. The van der Waals surface area contributed by atoms with Gasteiger partial charge >= 0.3 is 0 Å². The van der Waals surface area contributed by atoms with Gasteiger partial charge in [-0.25, -0.2) is 19.0 Å². The molecule has 0 aliphatic heterocycles. The summed E-state index contributed by atoms with van der Waals surface area (Å²) in [4.78, 5) is 8.42. The van der Waals surface area contributed by atoms with Gasteiger partial charge in [0.1, 0.15) is 35.0 Å². The highest BCUT2D eigenvalue weighted by molar-refractivity contribution is 6.16. The van der Waals surface area contributed by atoms with Crippen molar-refractivity contribution in [2.75, 3.05) is 5.73 Å². The topological polar surface area (TPSA) is 111 Å². The van der Waals surface area contributed by atoms with Gasteiger partial charge in [-0.2, -0.15) is 0 Å². The molecule has 3 heterocycles. The van der Waals surface area contributed by atoms with Crippen molar-refractivity contribution < 1.29 is 5.76 Å². The zero-order valence-corrected chi connectivity index (χ0v) is 15.6. The standard InChI is InChI=1S/C20H19FN8/c1-3-14(22)12-9-28(20-18(12)19(23)24-11-25-20)16(4-2)15-10-29(27-26-15)17-8-6-5-7-13(17)21/h3,5-11,16,22H,1,4H2,2H3,(H2,23,24,25). The molecule has 146 valence electrons. The maximum Gasteiger partial charge on any atom is 0.148 e. The smallest absolute Gasteiger partial charge is 0.148 e. The number of hydrogen-bond donors (Lipinski definition) is 2. The van der Waals surface area contributed by atoms with E-state index in [1.807, 2.05) is 11.5 Å². The monoisotopic (exact) mass is 390 g/mol. The Morgan fingerprint density at radius 2 is 2.21 bits per heavy atom. The molecule has 0 amide bonds. The Morgan fingerprint density at radius 3 is 2.97 bits per heavy atom. The number of nitrogens with two attached hydrogens (primary N) is 1. The van der Waals surface area contributed by atoms with E-state index in [1.165, 1.54) is 23.2 Å². The summed E-state index contributed by atoms with van der Waals surface area (Å²) in [6.07, 6.45) is 6.81. The summed E-state index contributed by atoms with van der Waals surface area (Å²) < 4.78 is 24.7. The molecule has 4 aromatic rings. The van der Waals surface area contributed by atoms with E-state index in [1.54, 1.807) is 30.6 Å². The first-order valence-corrected chi connectivity index (χ1v) is 8.97. The van der Waals surface area contributed by atoms with Crippen LogP contribution in [0.3, 0.4) is 0 Å². The number of aromatic nitrogens is 6. The average molecular weight is 390 g/mol. The van der Waals surface area contributed by atoms with E-state index in [4.69, 9.17) is 12.5 Å². The van der Waals surface area contributed by atoms with E-state index in [0.29, 0.717) is 34.4 Å². The molecule has 0 saturated heterocycles. The van der Waals surface area contributed by atoms with Gasteiger partial charge in [-0.05, 0) is 24.6 Å². The maximum atomic E-state index is 14.1. The molecule has 1 atom stereocenters. The van der Waals surface area contributed by atoms with Gasteiger partial charge in [0.2, 0.25) is 0 Å². The summed E-state index contributed by atoms with van der Waals surface area (Å²) >= 11 is 0. The normalized spacial score (nSPS) is 13.1. The molecule has 1 unspecified atom stereocenters. The van der Waals surface area contributed by atoms with E-state index < -0.39 is 5.82 Å². The Labute approximate surface area is 167 Å². The number of hydrogen-bond acceptors (Lipinski definition) is 6. The van der Waals surface area contributed by atoms with Gasteiger partial charge in [-0.15, -0.1) is 5.10 Å². The van der Waals surface area contributed by atoms with Gasteiger partial charge in [0.05, 0.1) is 24.7 Å². The van der Waals surface area contributed by atoms with Crippen LogP contribution in [0.5, 0.6) is 0 Å². The van der Waals surface area contributed by atoms with Gasteiger partial charge in [0, 0.05) is 11.8 Å². The summed E-state index contributed by atoms with van der Waals surface area (Å²) in [5, 5.41) is 17.1. The minimum absolute atomic E-state index is 0.125. The molecule has 0 bridgehead atoms. The Bertz CT molecular complexity index is 1260. The van der Waals surface area contributed by atoms with Crippen molar-refractivity contribution in [2.24, 2.45) is 0 Å². The third kappa shape index (κ3) is 3.06. The summed E-state index contributed by atoms with van der Waals surface area (Å²) in [6, 6.07) is 6.06. The largest absolute Gasteiger partial charge is 0.383 e. The molecule has 3 N–H and O–H groups in total. The second-order valence-electron chi connectivity index (χ2n) is 6.45. The van der Waals surface area contributed by atoms with Gasteiger partial charge in [0.15, 0.2) is 0 Å². The van der Waals surface area contributed by atoms with Crippen LogP contribution in [0.1, 0.15) is 32.0 Å². The summed E-state index contributed by atoms with van der Waals surface area (Å²) in [7, 11) is 0. The number of fused-ring (bicyclic) bond motifs is 1. The third-order valence-corrected chi connectivity index (χ3v) is 4.77. The second kappa shape index (κ2) is 7.27. The van der Waals surface area contributed by atoms with Crippen LogP contribution in [-0.2, 0) is 0 Å². The van der Waals surface area contributed by atoms with Crippen LogP contribution < -0.4 is 5.73 Å². The lowest BCUT2D eigenvalue weighted by molar-refractivity contribution is 0.564. The molecule has 29 heavy (non-hydrogen) atoms. The van der Waals surface area contributed by atoms with Gasteiger partial charge in [-0.1, -0.05) is 30.8 Å². The molecule has 0 radical (unpaired) electrons. The number of nitrogens with zero attached hydrogens (tertiary/aromatic N) is 6. The molecule has 0 spiro atoms. The van der Waals surface area contributed by atoms with E-state index in [0.717, 1.165) is 6.55 Å². The van der Waals surface area contributed by atoms with Gasteiger partial charge < -0.3 is 15.7 Å². The van der Waals surface area contributed by atoms with Gasteiger partial charge in [-0.3, -0.25) is 0 Å². The zero-order chi connectivity index (χ0) is 21.3. The lowest BCUT2D eigenvalue weighted by Gasteiger charge is -2.15. The van der Waals surface area contributed by atoms with Crippen LogP contribution in [-0.4, -0.2) is 35.2 Å². The number of benzene rings is 1. The number of nitrogen functional groups attached to an aromatic ring is 1. The minimum Gasteiger partial charge on any atom is -0.383 e. The Kier molecular flexibility index (Phi) is 4.32. The van der Waals surface area contributed by atoms with Crippen LogP contribution in [0.25, 0.3) is 16.7 Å². The summed E-state index contributed by atoms with van der Waals surface area (Å²) in [5.41, 5.74) is 8.19. The minimum atomic E-state index is -0.396. The fourth-order valence-corrected chi connectivity index (χ4v) is 3.37. The van der Waals surface area contributed by atoms with Crippen LogP contribution in [0.2, 0.25) is 0 Å². The molecule has 0 fully saturated rings. The Hall–Kier alpha value is -3.88. The molecule has 0 saturated carbocycles. The average Bonchev–Trinajstić information content (AvgIpc) is 3.36. The quantitative estimate of drug-likeness (QED) is 0.491. The molecule has 1 aromatic carbocycles. The molecule has 9 heteroatoms. The van der Waals surface area contributed by atoms with Crippen molar-refractivity contribution in [3.8, 4) is 5.69 Å². The highest BCUT2D eigenvalue weighted by atomic mass is 19.1. The van der Waals surface area contributed by atoms with E-state index in [9.17, 15) is 4.39 Å². The number of rotatable bonds is 6. The number of nitrogens with one attached hydrogen (secondary N) is 1. The van der Waals surface area contributed by atoms with E-state index in [2.05, 4.69) is 20.3 Å². The predicted octanol–water partition coefficient (Wildman–Crippen LogP) is 3.29. The van der Waals surface area contributed by atoms with Crippen molar-refractivity contribution in [1.82, 2.24) is 29.5 Å². The van der Waals surface area contributed by atoms with Crippen molar-refractivity contribution in [3.05, 3.63) is 72.7 Å². The SMILES string of the molecule is [H]/C=C\C(=N)c1cn(C(CC)c2cn(-c3ccccc3F)nn2)c2ncnc(N)c12. The third-order valence-electron chi connectivity index (χ3n) is 4.77. The predicted molar refractivity (Wildman–Crippen MR) is 109 cm³/mol. The van der Waals surface area contributed by atoms with Crippen molar-refractivity contribution in [3.63, 3.8) is 0 Å². The maximum absolute atomic E-state index is 14.1. The van der Waals surface area contributed by atoms with Crippen molar-refractivity contribution >= 4 is 22.6 Å². The number of halogens is 1. The first-order valence-electron chi connectivity index (χ1n) is 9.54. The highest BCUT2D eigenvalue weighted by Crippen LogP contribution is 2.31. The van der Waals surface area contributed by atoms with Gasteiger partial charge in [0.25, 0.3) is 0 Å². The summed E-state index contributed by atoms with van der Waals surface area (Å²) in [6.45, 7) is 3.03. The molecule has 0 aliphatic carbocycles. The molecule has 8 nitrogen and oxygen atoms in total. The van der Waals surface area contributed by atoms with Crippen LogP contribution in [0.15, 0.2) is 55.6 Å². The lowest BCUT2D eigenvalue weighted by atomic mass is 10.1. The first kappa shape index (κ1) is 17.2. The second-order valence-corrected chi connectivity index (χ2v) is 6.45. The Balaban J connectivity index is 1.84. The number of allylic oxidation sites excluding steroid dienone is 1. The van der Waals surface area contributed by atoms with Crippen LogP contribution >= 0.6 is 0 Å². The zero-order valence-electron chi connectivity index (χ0n) is 16.6. The highest BCUT2D eigenvalue weighted by Gasteiger charge is 2.23. The fourth-order valence-electron chi connectivity index (χ4n) is 3.37. The van der Waals surface area contributed by atoms with E-state index in [-0.39, 0.29) is 17.6 Å². The van der Waals surface area contributed by atoms with Crippen molar-refractivity contribution in [2.45, 2.75) is 19.4 Å². The number of anilines is 1. The van der Waals surface area contributed by atoms with Crippen LogP contribution in [0.4, 0.5) is 10.2 Å². The summed E-state index contributed by atoms with van der Waals surface area (Å²) in [5.74, 6) is -0.145. The molecular formula is C20H19FN8. The molecule has 0 aliphatic rings.